The van der Waals surface area contributed by atoms with Gasteiger partial charge in [-0.15, -0.1) is 0 Å². The van der Waals surface area contributed by atoms with Crippen molar-refractivity contribution in [1.82, 2.24) is 0 Å². The molecule has 1 rings (SSSR count). The maximum Gasteiger partial charge on any atom is 0.0947 e. The molecule has 0 aromatic carbocycles. The van der Waals surface area contributed by atoms with Crippen LogP contribution in [0.25, 0.3) is 0 Å². The van der Waals surface area contributed by atoms with Crippen LogP contribution < -0.4 is 0 Å². The van der Waals surface area contributed by atoms with Crippen molar-refractivity contribution in [2.24, 2.45) is 0 Å². The van der Waals surface area contributed by atoms with E-state index >= 15 is 0 Å². The molecule has 1 nitrogen and oxygen atoms in total. The summed E-state index contributed by atoms with van der Waals surface area (Å²) in [6, 6.07) is 2.13. The molecule has 0 aromatic rings. The molecular weight excluding hydrogens is 110 g/mol. The summed E-state index contributed by atoms with van der Waals surface area (Å²) in [5.41, 5.74) is 1.98. The van der Waals surface area contributed by atoms with E-state index in [1.165, 1.54) is 0 Å². The fraction of sp³-hybridized carbons (Fsp3) is 0.375. The number of rotatable bonds is 0. The van der Waals surface area contributed by atoms with Gasteiger partial charge in [0.05, 0.1) is 6.07 Å². The van der Waals surface area contributed by atoms with Crippen molar-refractivity contribution >= 4 is 0 Å². The third kappa shape index (κ3) is 1.43. The molecule has 1 aliphatic rings. The molecule has 1 heteroatoms. The zero-order chi connectivity index (χ0) is 6.69. The Morgan fingerprint density at radius 1 is 1.56 bits per heavy atom. The Labute approximate surface area is 55.3 Å². The highest BCUT2D eigenvalue weighted by atomic mass is 14.2. The summed E-state index contributed by atoms with van der Waals surface area (Å²) in [5.74, 6) is 0. The highest BCUT2D eigenvalue weighted by molar-refractivity contribution is 5.32. The predicted octanol–water partition coefficient (Wildman–Crippen LogP) is 2.18. The van der Waals surface area contributed by atoms with Crippen molar-refractivity contribution in [3.8, 4) is 6.07 Å². The second kappa shape index (κ2) is 2.50. The topological polar surface area (TPSA) is 23.8 Å². The van der Waals surface area contributed by atoms with Crippen molar-refractivity contribution in [2.75, 3.05) is 0 Å². The van der Waals surface area contributed by atoms with Gasteiger partial charge in [-0.2, -0.15) is 5.26 Å². The van der Waals surface area contributed by atoms with Gasteiger partial charge in [-0.1, -0.05) is 12.2 Å². The average Bonchev–Trinajstić information content (AvgIpc) is 1.88. The van der Waals surface area contributed by atoms with Gasteiger partial charge in [-0.3, -0.25) is 0 Å². The van der Waals surface area contributed by atoms with Crippen LogP contribution in [-0.2, 0) is 0 Å². The molecule has 0 radical (unpaired) electrons. The molecule has 9 heavy (non-hydrogen) atoms. The van der Waals surface area contributed by atoms with Crippen LogP contribution in [0.1, 0.15) is 19.3 Å². The minimum absolute atomic E-state index is 0.881. The Balaban J connectivity index is 2.74. The van der Waals surface area contributed by atoms with E-state index in [1.54, 1.807) is 0 Å². The molecule has 0 fully saturated rings. The normalized spacial score (nSPS) is 18.6. The molecule has 0 saturated carbocycles. The third-order valence-corrected chi connectivity index (χ3v) is 1.47. The van der Waals surface area contributed by atoms with Gasteiger partial charge < -0.3 is 0 Å². The van der Waals surface area contributed by atoms with Gasteiger partial charge >= 0.3 is 0 Å². The summed E-state index contributed by atoms with van der Waals surface area (Å²) >= 11 is 0. The minimum atomic E-state index is 0.881. The van der Waals surface area contributed by atoms with Gasteiger partial charge in [0.2, 0.25) is 0 Å². The Morgan fingerprint density at radius 3 is 2.78 bits per heavy atom. The molecular formula is C8H9N. The largest absolute Gasteiger partial charge is 0.193 e. The van der Waals surface area contributed by atoms with Crippen LogP contribution in [0.4, 0.5) is 0 Å². The van der Waals surface area contributed by atoms with Gasteiger partial charge in [-0.25, -0.2) is 0 Å². The summed E-state index contributed by atoms with van der Waals surface area (Å²) in [6.45, 7) is 3.78. The first kappa shape index (κ1) is 6.10. The molecule has 0 saturated heterocycles. The smallest absolute Gasteiger partial charge is 0.0947 e. The summed E-state index contributed by atoms with van der Waals surface area (Å²) in [5, 5.41) is 8.45. The molecule has 0 bridgehead atoms. The van der Waals surface area contributed by atoms with E-state index in [-0.39, 0.29) is 0 Å². The summed E-state index contributed by atoms with van der Waals surface area (Å²) in [4.78, 5) is 0. The van der Waals surface area contributed by atoms with E-state index in [9.17, 15) is 0 Å². The molecule has 0 N–H and O–H groups in total. The highest BCUT2D eigenvalue weighted by Crippen LogP contribution is 2.19. The third-order valence-electron chi connectivity index (χ3n) is 1.47. The number of hydrogen-bond donors (Lipinski definition) is 0. The average molecular weight is 119 g/mol. The molecule has 1 aliphatic carbocycles. The number of allylic oxidation sites excluding steroid dienone is 3. The van der Waals surface area contributed by atoms with Crippen LogP contribution >= 0.6 is 0 Å². The number of nitrogens with zero attached hydrogens (tertiary/aromatic N) is 1. The van der Waals surface area contributed by atoms with E-state index in [0.717, 1.165) is 30.4 Å². The number of hydrogen-bond acceptors (Lipinski definition) is 1. The molecule has 0 amide bonds. The monoisotopic (exact) mass is 119 g/mol. The Hall–Kier alpha value is -1.03. The van der Waals surface area contributed by atoms with Gasteiger partial charge in [0.25, 0.3) is 0 Å². The lowest BCUT2D eigenvalue weighted by atomic mass is 9.97. The second-order valence-electron chi connectivity index (χ2n) is 2.29. The van der Waals surface area contributed by atoms with Crippen LogP contribution in [0, 0.1) is 11.3 Å². The van der Waals surface area contributed by atoms with Crippen LogP contribution in [0.2, 0.25) is 0 Å². The van der Waals surface area contributed by atoms with Crippen molar-refractivity contribution < 1.29 is 0 Å². The fourth-order valence-corrected chi connectivity index (χ4v) is 0.985. The molecule has 0 aromatic heterocycles. The highest BCUT2D eigenvalue weighted by Gasteiger charge is 2.03. The predicted molar refractivity (Wildman–Crippen MR) is 36.7 cm³/mol. The van der Waals surface area contributed by atoms with Gasteiger partial charge in [-0.05, 0) is 25.3 Å². The zero-order valence-electron chi connectivity index (χ0n) is 5.35. The minimum Gasteiger partial charge on any atom is -0.193 e. The van der Waals surface area contributed by atoms with Crippen molar-refractivity contribution in [3.63, 3.8) is 0 Å². The molecule has 0 unspecified atom stereocenters. The van der Waals surface area contributed by atoms with Crippen molar-refractivity contribution in [3.05, 3.63) is 23.8 Å². The first-order chi connectivity index (χ1) is 4.33. The lowest BCUT2D eigenvalue weighted by Gasteiger charge is -2.06. The summed E-state index contributed by atoms with van der Waals surface area (Å²) < 4.78 is 0. The SMILES string of the molecule is C=C1C=C(C#N)CCC1. The lowest BCUT2D eigenvalue weighted by Crippen LogP contribution is -1.90. The maximum atomic E-state index is 8.45. The fourth-order valence-electron chi connectivity index (χ4n) is 0.985. The first-order valence-electron chi connectivity index (χ1n) is 3.11. The van der Waals surface area contributed by atoms with E-state index in [4.69, 9.17) is 5.26 Å². The van der Waals surface area contributed by atoms with Crippen molar-refractivity contribution in [2.45, 2.75) is 19.3 Å². The zero-order valence-corrected chi connectivity index (χ0v) is 5.35. The van der Waals surface area contributed by atoms with Crippen molar-refractivity contribution in [1.29, 1.82) is 5.26 Å². The van der Waals surface area contributed by atoms with E-state index in [1.807, 2.05) is 6.08 Å². The number of nitriles is 1. The Kier molecular flexibility index (Phi) is 1.69. The molecule has 0 heterocycles. The van der Waals surface area contributed by atoms with E-state index < -0.39 is 0 Å². The Bertz CT molecular complexity index is 193. The van der Waals surface area contributed by atoms with Crippen LogP contribution in [0.5, 0.6) is 0 Å². The van der Waals surface area contributed by atoms with Gasteiger partial charge in [0.15, 0.2) is 0 Å². The van der Waals surface area contributed by atoms with E-state index in [2.05, 4.69) is 12.6 Å². The first-order valence-corrected chi connectivity index (χ1v) is 3.11. The molecule has 0 atom stereocenters. The standard InChI is InChI=1S/C8H9N/c1-7-3-2-4-8(5-7)6-9/h5H,1-4H2. The molecule has 0 spiro atoms. The maximum absolute atomic E-state index is 8.45. The lowest BCUT2D eigenvalue weighted by molar-refractivity contribution is 0.802. The Morgan fingerprint density at radius 2 is 2.33 bits per heavy atom. The van der Waals surface area contributed by atoms with Crippen LogP contribution in [0.3, 0.4) is 0 Å². The molecule has 0 aliphatic heterocycles. The van der Waals surface area contributed by atoms with Crippen LogP contribution in [-0.4, -0.2) is 0 Å². The van der Waals surface area contributed by atoms with Crippen LogP contribution in [0.15, 0.2) is 23.8 Å². The van der Waals surface area contributed by atoms with Gasteiger partial charge in [0.1, 0.15) is 0 Å². The second-order valence-corrected chi connectivity index (χ2v) is 2.29. The van der Waals surface area contributed by atoms with Gasteiger partial charge in [0, 0.05) is 5.57 Å². The summed E-state index contributed by atoms with van der Waals surface area (Å²) in [6.07, 6.45) is 4.99. The quantitative estimate of drug-likeness (QED) is 0.479. The molecule has 46 valence electrons. The summed E-state index contributed by atoms with van der Waals surface area (Å²) in [7, 11) is 0. The van der Waals surface area contributed by atoms with E-state index in [0.29, 0.717) is 0 Å².